The molecule has 0 aliphatic heterocycles. The average molecular weight is 662 g/mol. The maximum atomic E-state index is 5.87. The lowest BCUT2D eigenvalue weighted by Gasteiger charge is -2.12. The van der Waals surface area contributed by atoms with E-state index in [0.29, 0.717) is 0 Å². The van der Waals surface area contributed by atoms with Crippen LogP contribution in [0.5, 0.6) is 0 Å². The van der Waals surface area contributed by atoms with Gasteiger partial charge >= 0.3 is 0 Å². The SMILES string of the molecule is C#Cc1c(C)cc2c(c1C#CC)-c1ccc(Cn3c4ccccc4c4ccccc43)cc1C2.CC.CC.CC.CC.CCc1ccccc1C. The fourth-order valence-electron chi connectivity index (χ4n) is 6.48. The molecule has 0 bridgehead atoms. The molecule has 1 nitrogen and oxygen atoms in total. The number of aromatic nitrogens is 1. The summed E-state index contributed by atoms with van der Waals surface area (Å²) < 4.78 is 2.43. The van der Waals surface area contributed by atoms with Gasteiger partial charge in [-0.2, -0.15) is 0 Å². The third-order valence-corrected chi connectivity index (χ3v) is 8.48. The van der Waals surface area contributed by atoms with E-state index in [1.165, 1.54) is 60.8 Å². The van der Waals surface area contributed by atoms with Crippen molar-refractivity contribution in [2.24, 2.45) is 0 Å². The molecule has 0 amide bonds. The zero-order valence-electron chi connectivity index (χ0n) is 32.9. The van der Waals surface area contributed by atoms with Crippen LogP contribution >= 0.6 is 0 Å². The fourth-order valence-corrected chi connectivity index (χ4v) is 6.48. The van der Waals surface area contributed by atoms with Crippen LogP contribution in [0, 0.1) is 38.0 Å². The van der Waals surface area contributed by atoms with E-state index in [1.807, 2.05) is 62.3 Å². The van der Waals surface area contributed by atoms with Gasteiger partial charge in [0.1, 0.15) is 0 Å². The number of aryl methyl sites for hydroxylation is 3. The van der Waals surface area contributed by atoms with E-state index < -0.39 is 0 Å². The number of benzene rings is 5. The molecule has 0 N–H and O–H groups in total. The summed E-state index contributed by atoms with van der Waals surface area (Å²) >= 11 is 0. The van der Waals surface area contributed by atoms with Crippen LogP contribution in [0.2, 0.25) is 0 Å². The van der Waals surface area contributed by atoms with Crippen LogP contribution in [-0.2, 0) is 19.4 Å². The molecule has 0 unspecified atom stereocenters. The summed E-state index contributed by atoms with van der Waals surface area (Å²) in [6, 6.07) is 35.0. The molecule has 50 heavy (non-hydrogen) atoms. The van der Waals surface area contributed by atoms with Gasteiger partial charge in [0.05, 0.1) is 0 Å². The number of hydrogen-bond donors (Lipinski definition) is 0. The molecule has 0 saturated carbocycles. The van der Waals surface area contributed by atoms with E-state index in [1.54, 1.807) is 0 Å². The number of rotatable bonds is 3. The second kappa shape index (κ2) is 21.2. The Labute approximate surface area is 304 Å². The van der Waals surface area contributed by atoms with E-state index in [-0.39, 0.29) is 0 Å². The van der Waals surface area contributed by atoms with Crippen LogP contribution in [0.3, 0.4) is 0 Å². The van der Waals surface area contributed by atoms with Gasteiger partial charge in [-0.1, -0.05) is 159 Å². The topological polar surface area (TPSA) is 4.93 Å². The molecule has 260 valence electrons. The molecule has 1 heterocycles. The van der Waals surface area contributed by atoms with Crippen LogP contribution in [0.25, 0.3) is 32.9 Å². The Bertz CT molecular complexity index is 2010. The van der Waals surface area contributed by atoms with Crippen molar-refractivity contribution in [3.8, 4) is 35.3 Å². The summed E-state index contributed by atoms with van der Waals surface area (Å²) in [5, 5.41) is 2.61. The Balaban J connectivity index is 0.000000431. The lowest BCUT2D eigenvalue weighted by Crippen LogP contribution is -2.00. The summed E-state index contributed by atoms with van der Waals surface area (Å²) in [6.45, 7) is 25.1. The lowest BCUT2D eigenvalue weighted by atomic mass is 9.92. The smallest absolute Gasteiger partial charge is 0.0494 e. The first-order valence-electron chi connectivity index (χ1n) is 18.7. The number of hydrogen-bond acceptors (Lipinski definition) is 0. The quantitative estimate of drug-likeness (QED) is 0.166. The largest absolute Gasteiger partial charge is 0.336 e. The highest BCUT2D eigenvalue weighted by Gasteiger charge is 2.24. The molecule has 1 aromatic heterocycles. The van der Waals surface area contributed by atoms with Gasteiger partial charge in [0.2, 0.25) is 0 Å². The zero-order valence-corrected chi connectivity index (χ0v) is 32.9. The van der Waals surface area contributed by atoms with Gasteiger partial charge in [-0.3, -0.25) is 0 Å². The molecule has 1 aliphatic rings. The molecular weight excluding hydrogens is 603 g/mol. The van der Waals surface area contributed by atoms with E-state index in [9.17, 15) is 0 Å². The molecule has 0 spiro atoms. The lowest BCUT2D eigenvalue weighted by molar-refractivity contribution is 0.867. The first-order valence-corrected chi connectivity index (χ1v) is 18.7. The monoisotopic (exact) mass is 661 g/mol. The molecule has 0 radical (unpaired) electrons. The minimum atomic E-state index is 0.841. The highest BCUT2D eigenvalue weighted by molar-refractivity contribution is 6.08. The van der Waals surface area contributed by atoms with Crippen LogP contribution in [0.4, 0.5) is 0 Å². The van der Waals surface area contributed by atoms with E-state index in [0.717, 1.165) is 36.1 Å². The molecule has 7 rings (SSSR count). The van der Waals surface area contributed by atoms with Crippen molar-refractivity contribution >= 4 is 21.8 Å². The first-order chi connectivity index (χ1) is 24.5. The van der Waals surface area contributed by atoms with Gasteiger partial charge in [0.15, 0.2) is 0 Å². The third-order valence-electron chi connectivity index (χ3n) is 8.48. The first kappa shape index (κ1) is 41.2. The minimum absolute atomic E-state index is 0.841. The van der Waals surface area contributed by atoms with Crippen LogP contribution in [0.1, 0.15) is 114 Å². The molecule has 0 atom stereocenters. The predicted molar refractivity (Wildman–Crippen MR) is 224 cm³/mol. The maximum absolute atomic E-state index is 5.87. The Morgan fingerprint density at radius 2 is 1.20 bits per heavy atom. The highest BCUT2D eigenvalue weighted by atomic mass is 15.0. The number of para-hydroxylation sites is 2. The van der Waals surface area contributed by atoms with Gasteiger partial charge in [-0.15, -0.1) is 12.3 Å². The summed E-state index contributed by atoms with van der Waals surface area (Å²) in [6.07, 6.45) is 7.94. The second-order valence-corrected chi connectivity index (χ2v) is 11.1. The average Bonchev–Trinajstić information content (AvgIpc) is 3.70. The van der Waals surface area contributed by atoms with Crippen molar-refractivity contribution in [1.82, 2.24) is 4.57 Å². The van der Waals surface area contributed by atoms with Crippen molar-refractivity contribution in [3.63, 3.8) is 0 Å². The number of terminal acetylenes is 1. The van der Waals surface area contributed by atoms with Crippen molar-refractivity contribution < 1.29 is 0 Å². The summed E-state index contributed by atoms with van der Waals surface area (Å²) in [4.78, 5) is 0. The molecule has 5 aromatic carbocycles. The molecule has 6 aromatic rings. The highest BCUT2D eigenvalue weighted by Crippen LogP contribution is 2.42. The Kier molecular flexibility index (Phi) is 17.4. The molecule has 1 heteroatoms. The van der Waals surface area contributed by atoms with Crippen LogP contribution in [-0.4, -0.2) is 4.57 Å². The van der Waals surface area contributed by atoms with E-state index >= 15 is 0 Å². The third kappa shape index (κ3) is 8.97. The Morgan fingerprint density at radius 3 is 1.72 bits per heavy atom. The second-order valence-electron chi connectivity index (χ2n) is 11.1. The van der Waals surface area contributed by atoms with E-state index in [2.05, 4.69) is 140 Å². The standard InChI is InChI=1S/C32H23N.C9H12.4C2H6/c1-4-10-29-25(5-2)21(3)17-24-19-23-18-22(15-16-26(23)32(24)29)20-33-30-13-8-6-11-27(30)28-12-7-9-14-31(28)33;1-3-9-7-5-4-6-8(9)2;4*1-2/h2,6-9,11-18H,19-20H2,1,3H3;4-7H,3H2,1-2H3;4*1-2H3. The van der Waals surface area contributed by atoms with Gasteiger partial charge < -0.3 is 4.57 Å². The van der Waals surface area contributed by atoms with Crippen LogP contribution < -0.4 is 0 Å². The van der Waals surface area contributed by atoms with E-state index in [4.69, 9.17) is 6.42 Å². The predicted octanol–water partition coefficient (Wildman–Crippen LogP) is 13.7. The Hall–Kier alpha value is -4.98. The van der Waals surface area contributed by atoms with Gasteiger partial charge in [-0.25, -0.2) is 0 Å². The minimum Gasteiger partial charge on any atom is -0.336 e. The van der Waals surface area contributed by atoms with Crippen LogP contribution in [0.15, 0.2) is 97.1 Å². The summed E-state index contributed by atoms with van der Waals surface area (Å²) in [5.74, 6) is 9.25. The fraction of sp³-hybridized carbons (Fsp3) is 0.306. The molecular formula is C49H59N. The molecule has 1 aliphatic carbocycles. The van der Waals surface area contributed by atoms with Gasteiger partial charge in [0.25, 0.3) is 0 Å². The summed E-state index contributed by atoms with van der Waals surface area (Å²) in [5.41, 5.74) is 15.0. The maximum Gasteiger partial charge on any atom is 0.0494 e. The normalized spacial score (nSPS) is 9.90. The van der Waals surface area contributed by atoms with Gasteiger partial charge in [0, 0.05) is 45.0 Å². The van der Waals surface area contributed by atoms with Crippen molar-refractivity contribution in [1.29, 1.82) is 0 Å². The zero-order chi connectivity index (χ0) is 37.2. The number of nitrogens with zero attached hydrogens (tertiary/aromatic N) is 1. The van der Waals surface area contributed by atoms with Gasteiger partial charge in [-0.05, 0) is 84.7 Å². The van der Waals surface area contributed by atoms with Crippen molar-refractivity contribution in [2.75, 3.05) is 0 Å². The number of fused-ring (bicyclic) bond motifs is 6. The van der Waals surface area contributed by atoms with Crippen molar-refractivity contribution in [3.05, 3.63) is 142 Å². The van der Waals surface area contributed by atoms with Crippen molar-refractivity contribution in [2.45, 2.75) is 102 Å². The molecule has 0 saturated heterocycles. The molecule has 0 fully saturated rings. The summed E-state index contributed by atoms with van der Waals surface area (Å²) in [7, 11) is 0. The Morgan fingerprint density at radius 1 is 0.640 bits per heavy atom.